The molecule has 1 N–H and O–H groups in total. The lowest BCUT2D eigenvalue weighted by molar-refractivity contribution is 0.0939. The molecule has 0 bridgehead atoms. The molecule has 1 aliphatic rings. The Labute approximate surface area is 172 Å². The zero-order chi connectivity index (χ0) is 20.4. The fraction of sp³-hybridized carbons (Fsp3) is 0.360. The van der Waals surface area contributed by atoms with Crippen molar-refractivity contribution in [3.63, 3.8) is 0 Å². The van der Waals surface area contributed by atoms with E-state index < -0.39 is 0 Å². The second-order valence-electron chi connectivity index (χ2n) is 8.17. The minimum Gasteiger partial charge on any atom is -0.497 e. The van der Waals surface area contributed by atoms with Gasteiger partial charge in [0.25, 0.3) is 5.91 Å². The fourth-order valence-electron chi connectivity index (χ4n) is 4.03. The predicted octanol–water partition coefficient (Wildman–Crippen LogP) is 5.71. The number of amides is 1. The molecule has 0 aliphatic heterocycles. The highest BCUT2D eigenvalue weighted by molar-refractivity contribution is 6.07. The van der Waals surface area contributed by atoms with Crippen molar-refractivity contribution in [3.8, 4) is 17.0 Å². The molecule has 4 heteroatoms. The van der Waals surface area contributed by atoms with Gasteiger partial charge in [-0.25, -0.2) is 4.98 Å². The predicted molar refractivity (Wildman–Crippen MR) is 118 cm³/mol. The SMILES string of the molecule is COc1ccc(-c2cc(C(=O)NC3CCCC3)c3cc(C(C)C)ccc3n2)cc1. The van der Waals surface area contributed by atoms with Crippen LogP contribution in [0.4, 0.5) is 0 Å². The fourth-order valence-corrected chi connectivity index (χ4v) is 4.03. The van der Waals surface area contributed by atoms with Crippen molar-refractivity contribution in [2.75, 3.05) is 7.11 Å². The van der Waals surface area contributed by atoms with Gasteiger partial charge in [-0.3, -0.25) is 4.79 Å². The molecule has 1 saturated carbocycles. The van der Waals surface area contributed by atoms with E-state index in [1.54, 1.807) is 7.11 Å². The number of pyridine rings is 1. The molecule has 1 fully saturated rings. The summed E-state index contributed by atoms with van der Waals surface area (Å²) in [4.78, 5) is 18.1. The first-order chi connectivity index (χ1) is 14.0. The van der Waals surface area contributed by atoms with E-state index in [4.69, 9.17) is 9.72 Å². The molecule has 0 saturated heterocycles. The Hall–Kier alpha value is -2.88. The number of methoxy groups -OCH3 is 1. The Kier molecular flexibility index (Phi) is 5.52. The summed E-state index contributed by atoms with van der Waals surface area (Å²) in [5.41, 5.74) is 4.53. The van der Waals surface area contributed by atoms with Crippen LogP contribution in [0.25, 0.3) is 22.2 Å². The number of rotatable bonds is 5. The number of carbonyl (C=O) groups excluding carboxylic acids is 1. The normalized spacial score (nSPS) is 14.5. The minimum atomic E-state index is -0.0000298. The van der Waals surface area contributed by atoms with E-state index in [1.807, 2.05) is 36.4 Å². The molecule has 1 aliphatic carbocycles. The van der Waals surface area contributed by atoms with E-state index in [2.05, 4.69) is 31.3 Å². The molecule has 1 heterocycles. The monoisotopic (exact) mass is 388 g/mol. The van der Waals surface area contributed by atoms with E-state index in [0.717, 1.165) is 40.8 Å². The van der Waals surface area contributed by atoms with Crippen LogP contribution in [0.3, 0.4) is 0 Å². The van der Waals surface area contributed by atoms with Crippen LogP contribution in [-0.4, -0.2) is 24.0 Å². The molecule has 1 amide bonds. The smallest absolute Gasteiger partial charge is 0.252 e. The number of ether oxygens (including phenoxy) is 1. The molecular formula is C25H28N2O2. The molecule has 150 valence electrons. The Morgan fingerprint density at radius 2 is 1.79 bits per heavy atom. The van der Waals surface area contributed by atoms with Gasteiger partial charge in [0.15, 0.2) is 0 Å². The number of hydrogen-bond donors (Lipinski definition) is 1. The maximum atomic E-state index is 13.2. The topological polar surface area (TPSA) is 51.2 Å². The molecule has 0 radical (unpaired) electrons. The molecule has 0 atom stereocenters. The zero-order valence-electron chi connectivity index (χ0n) is 17.4. The van der Waals surface area contributed by atoms with Crippen molar-refractivity contribution < 1.29 is 9.53 Å². The van der Waals surface area contributed by atoms with Crippen LogP contribution >= 0.6 is 0 Å². The summed E-state index contributed by atoms with van der Waals surface area (Å²) in [6.07, 6.45) is 4.52. The van der Waals surface area contributed by atoms with Crippen LogP contribution in [0.1, 0.15) is 61.4 Å². The van der Waals surface area contributed by atoms with Gasteiger partial charge in [-0.1, -0.05) is 32.8 Å². The molecule has 1 aromatic heterocycles. The number of carbonyl (C=O) groups is 1. The molecule has 0 unspecified atom stereocenters. The van der Waals surface area contributed by atoms with Crippen molar-refractivity contribution in [2.45, 2.75) is 51.5 Å². The highest BCUT2D eigenvalue weighted by Gasteiger charge is 2.21. The first kappa shape index (κ1) is 19.4. The van der Waals surface area contributed by atoms with Gasteiger partial charge in [-0.15, -0.1) is 0 Å². The van der Waals surface area contributed by atoms with Crippen LogP contribution in [0.5, 0.6) is 5.75 Å². The van der Waals surface area contributed by atoms with Gasteiger partial charge in [0.05, 0.1) is 23.9 Å². The summed E-state index contributed by atoms with van der Waals surface area (Å²) in [5, 5.41) is 4.17. The van der Waals surface area contributed by atoms with Crippen molar-refractivity contribution in [1.29, 1.82) is 0 Å². The van der Waals surface area contributed by atoms with Gasteiger partial charge in [0.1, 0.15) is 5.75 Å². The maximum absolute atomic E-state index is 13.2. The number of fused-ring (bicyclic) bond motifs is 1. The molecule has 0 spiro atoms. The standard InChI is InChI=1S/C25H28N2O2/c1-16(2)18-10-13-23-21(14-18)22(25(28)26-19-6-4-5-7-19)15-24(27-23)17-8-11-20(29-3)12-9-17/h8-16,19H,4-7H2,1-3H3,(H,26,28). The van der Waals surface area contributed by atoms with Crippen molar-refractivity contribution in [3.05, 3.63) is 59.7 Å². The highest BCUT2D eigenvalue weighted by Crippen LogP contribution is 2.29. The zero-order valence-corrected chi connectivity index (χ0v) is 17.4. The van der Waals surface area contributed by atoms with Crippen LogP contribution in [0, 0.1) is 0 Å². The summed E-state index contributed by atoms with van der Waals surface area (Å²) in [6.45, 7) is 4.33. The second kappa shape index (κ2) is 8.24. The van der Waals surface area contributed by atoms with Gasteiger partial charge < -0.3 is 10.1 Å². The Bertz CT molecular complexity index is 1020. The van der Waals surface area contributed by atoms with Gasteiger partial charge in [0, 0.05) is 17.0 Å². The molecular weight excluding hydrogens is 360 g/mol. The van der Waals surface area contributed by atoms with Crippen LogP contribution in [-0.2, 0) is 0 Å². The number of hydrogen-bond acceptors (Lipinski definition) is 3. The van der Waals surface area contributed by atoms with Crippen molar-refractivity contribution >= 4 is 16.8 Å². The maximum Gasteiger partial charge on any atom is 0.252 e. The number of aromatic nitrogens is 1. The lowest BCUT2D eigenvalue weighted by atomic mass is 9.97. The summed E-state index contributed by atoms with van der Waals surface area (Å²) in [5.74, 6) is 1.20. The largest absolute Gasteiger partial charge is 0.497 e. The van der Waals surface area contributed by atoms with Crippen LogP contribution < -0.4 is 10.1 Å². The number of nitrogens with zero attached hydrogens (tertiary/aromatic N) is 1. The first-order valence-corrected chi connectivity index (χ1v) is 10.4. The third-order valence-corrected chi connectivity index (χ3v) is 5.82. The van der Waals surface area contributed by atoms with E-state index in [9.17, 15) is 4.79 Å². The number of benzene rings is 2. The summed E-state index contributed by atoms with van der Waals surface area (Å²) in [7, 11) is 1.65. The van der Waals surface area contributed by atoms with Gasteiger partial charge in [0.2, 0.25) is 0 Å². The van der Waals surface area contributed by atoms with E-state index in [-0.39, 0.29) is 11.9 Å². The summed E-state index contributed by atoms with van der Waals surface area (Å²) < 4.78 is 5.26. The van der Waals surface area contributed by atoms with Crippen LogP contribution in [0.2, 0.25) is 0 Å². The lowest BCUT2D eigenvalue weighted by Crippen LogP contribution is -2.32. The lowest BCUT2D eigenvalue weighted by Gasteiger charge is -2.16. The minimum absolute atomic E-state index is 0.0000298. The van der Waals surface area contributed by atoms with Gasteiger partial charge in [-0.2, -0.15) is 0 Å². The van der Waals surface area contributed by atoms with E-state index in [0.29, 0.717) is 11.5 Å². The Balaban J connectivity index is 1.81. The van der Waals surface area contributed by atoms with Crippen molar-refractivity contribution in [1.82, 2.24) is 10.3 Å². The third kappa shape index (κ3) is 4.12. The average Bonchev–Trinajstić information content (AvgIpc) is 3.25. The quantitative estimate of drug-likeness (QED) is 0.609. The molecule has 4 nitrogen and oxygen atoms in total. The third-order valence-electron chi connectivity index (χ3n) is 5.82. The summed E-state index contributed by atoms with van der Waals surface area (Å²) >= 11 is 0. The second-order valence-corrected chi connectivity index (χ2v) is 8.17. The first-order valence-electron chi connectivity index (χ1n) is 10.4. The Morgan fingerprint density at radius 3 is 2.45 bits per heavy atom. The van der Waals surface area contributed by atoms with E-state index >= 15 is 0 Å². The average molecular weight is 389 g/mol. The van der Waals surface area contributed by atoms with Gasteiger partial charge in [-0.05, 0) is 66.8 Å². The van der Waals surface area contributed by atoms with Crippen molar-refractivity contribution in [2.24, 2.45) is 0 Å². The molecule has 3 aromatic rings. The number of nitrogens with one attached hydrogen (secondary N) is 1. The van der Waals surface area contributed by atoms with Gasteiger partial charge >= 0.3 is 0 Å². The van der Waals surface area contributed by atoms with E-state index in [1.165, 1.54) is 18.4 Å². The Morgan fingerprint density at radius 1 is 1.07 bits per heavy atom. The van der Waals surface area contributed by atoms with Crippen LogP contribution in [0.15, 0.2) is 48.5 Å². The molecule has 29 heavy (non-hydrogen) atoms. The highest BCUT2D eigenvalue weighted by atomic mass is 16.5. The summed E-state index contributed by atoms with van der Waals surface area (Å²) in [6, 6.07) is 16.3. The molecule has 4 rings (SSSR count). The molecule has 2 aromatic carbocycles.